The van der Waals surface area contributed by atoms with Crippen LogP contribution in [-0.4, -0.2) is 49.2 Å². The van der Waals surface area contributed by atoms with E-state index in [-0.39, 0.29) is 6.04 Å². The van der Waals surface area contributed by atoms with Crippen molar-refractivity contribution in [2.75, 3.05) is 26.2 Å². The highest BCUT2D eigenvalue weighted by Crippen LogP contribution is 2.24. The lowest BCUT2D eigenvalue weighted by Crippen LogP contribution is -2.51. The van der Waals surface area contributed by atoms with Crippen molar-refractivity contribution in [3.05, 3.63) is 0 Å². The molecule has 0 saturated carbocycles. The SMILES string of the molecule is CC(N)C1CCCN(S(=O)(=O)N2CCCCC2)C1. The summed E-state index contributed by atoms with van der Waals surface area (Å²) in [5.41, 5.74) is 5.92. The number of rotatable bonds is 3. The topological polar surface area (TPSA) is 66.6 Å². The van der Waals surface area contributed by atoms with Gasteiger partial charge in [-0.3, -0.25) is 0 Å². The number of piperidine rings is 2. The Labute approximate surface area is 110 Å². The Morgan fingerprint density at radius 3 is 2.28 bits per heavy atom. The Morgan fingerprint density at radius 2 is 1.67 bits per heavy atom. The van der Waals surface area contributed by atoms with Crippen LogP contribution in [0, 0.1) is 5.92 Å². The predicted molar refractivity (Wildman–Crippen MR) is 72.3 cm³/mol. The van der Waals surface area contributed by atoms with Crippen LogP contribution in [0.15, 0.2) is 0 Å². The predicted octanol–water partition coefficient (Wildman–Crippen LogP) is 0.776. The van der Waals surface area contributed by atoms with Crippen LogP contribution in [0.1, 0.15) is 39.0 Å². The van der Waals surface area contributed by atoms with E-state index >= 15 is 0 Å². The summed E-state index contributed by atoms with van der Waals surface area (Å²) in [5, 5.41) is 0. The second kappa shape index (κ2) is 5.86. The zero-order valence-corrected chi connectivity index (χ0v) is 12.0. The molecule has 0 spiro atoms. The minimum atomic E-state index is -3.24. The maximum atomic E-state index is 12.5. The highest BCUT2D eigenvalue weighted by Gasteiger charge is 2.34. The van der Waals surface area contributed by atoms with Gasteiger partial charge in [-0.15, -0.1) is 0 Å². The van der Waals surface area contributed by atoms with Crippen LogP contribution < -0.4 is 5.73 Å². The lowest BCUT2D eigenvalue weighted by Gasteiger charge is -2.37. The van der Waals surface area contributed by atoms with E-state index in [1.807, 2.05) is 6.92 Å². The van der Waals surface area contributed by atoms with E-state index in [0.717, 1.165) is 32.1 Å². The normalized spacial score (nSPS) is 30.2. The fraction of sp³-hybridized carbons (Fsp3) is 1.00. The molecule has 0 radical (unpaired) electrons. The molecule has 2 unspecified atom stereocenters. The van der Waals surface area contributed by atoms with Crippen molar-refractivity contribution < 1.29 is 8.42 Å². The molecule has 0 aromatic rings. The van der Waals surface area contributed by atoms with Gasteiger partial charge in [0.25, 0.3) is 10.2 Å². The monoisotopic (exact) mass is 275 g/mol. The minimum absolute atomic E-state index is 0.0735. The molecule has 2 aliphatic rings. The van der Waals surface area contributed by atoms with Gasteiger partial charge in [0.2, 0.25) is 0 Å². The van der Waals surface area contributed by atoms with E-state index in [0.29, 0.717) is 32.1 Å². The molecular weight excluding hydrogens is 250 g/mol. The second-order valence-electron chi connectivity index (χ2n) is 5.59. The molecule has 2 fully saturated rings. The van der Waals surface area contributed by atoms with E-state index in [1.54, 1.807) is 8.61 Å². The van der Waals surface area contributed by atoms with E-state index < -0.39 is 10.2 Å². The molecule has 2 rings (SSSR count). The number of nitrogens with zero attached hydrogens (tertiary/aromatic N) is 2. The van der Waals surface area contributed by atoms with Crippen LogP contribution in [0.5, 0.6) is 0 Å². The number of hydrogen-bond donors (Lipinski definition) is 1. The van der Waals surface area contributed by atoms with Gasteiger partial charge in [-0.25, -0.2) is 0 Å². The summed E-state index contributed by atoms with van der Waals surface area (Å²) in [6.07, 6.45) is 5.10. The first-order chi connectivity index (χ1) is 8.51. The van der Waals surface area contributed by atoms with Gasteiger partial charge in [0.15, 0.2) is 0 Å². The van der Waals surface area contributed by atoms with Crippen LogP contribution in [0.2, 0.25) is 0 Å². The van der Waals surface area contributed by atoms with Crippen molar-refractivity contribution in [3.8, 4) is 0 Å². The first-order valence-electron chi connectivity index (χ1n) is 7.02. The summed E-state index contributed by atoms with van der Waals surface area (Å²) in [4.78, 5) is 0. The van der Waals surface area contributed by atoms with E-state index in [9.17, 15) is 8.42 Å². The maximum Gasteiger partial charge on any atom is 0.281 e. The molecule has 2 N–H and O–H groups in total. The van der Waals surface area contributed by atoms with Crippen LogP contribution in [-0.2, 0) is 10.2 Å². The molecule has 0 aliphatic carbocycles. The van der Waals surface area contributed by atoms with Crippen molar-refractivity contribution in [2.24, 2.45) is 11.7 Å². The molecule has 5 nitrogen and oxygen atoms in total. The highest BCUT2D eigenvalue weighted by atomic mass is 32.2. The summed E-state index contributed by atoms with van der Waals surface area (Å²) >= 11 is 0. The highest BCUT2D eigenvalue weighted by molar-refractivity contribution is 7.86. The first-order valence-corrected chi connectivity index (χ1v) is 8.42. The van der Waals surface area contributed by atoms with Crippen LogP contribution in [0.3, 0.4) is 0 Å². The molecule has 18 heavy (non-hydrogen) atoms. The average molecular weight is 275 g/mol. The lowest BCUT2D eigenvalue weighted by atomic mass is 9.93. The van der Waals surface area contributed by atoms with Gasteiger partial charge in [0, 0.05) is 32.2 Å². The molecule has 0 bridgehead atoms. The first kappa shape index (κ1) is 14.2. The second-order valence-corrected chi connectivity index (χ2v) is 7.52. The summed E-state index contributed by atoms with van der Waals surface area (Å²) in [5.74, 6) is 0.304. The Morgan fingerprint density at radius 1 is 1.06 bits per heavy atom. The quantitative estimate of drug-likeness (QED) is 0.827. The van der Waals surface area contributed by atoms with Gasteiger partial charge in [0.05, 0.1) is 0 Å². The third-order valence-electron chi connectivity index (χ3n) is 4.13. The Balaban J connectivity index is 2.04. The van der Waals surface area contributed by atoms with E-state index in [4.69, 9.17) is 5.73 Å². The number of nitrogens with two attached hydrogens (primary N) is 1. The molecule has 106 valence electrons. The molecular formula is C12H25N3O2S. The summed E-state index contributed by atoms with van der Waals surface area (Å²) in [7, 11) is -3.24. The summed E-state index contributed by atoms with van der Waals surface area (Å²) < 4.78 is 28.3. The minimum Gasteiger partial charge on any atom is -0.328 e. The largest absolute Gasteiger partial charge is 0.328 e. The Hall–Kier alpha value is -0.170. The molecule has 6 heteroatoms. The molecule has 2 aliphatic heterocycles. The zero-order valence-electron chi connectivity index (χ0n) is 11.2. The van der Waals surface area contributed by atoms with Crippen LogP contribution >= 0.6 is 0 Å². The Kier molecular flexibility index (Phi) is 4.64. The van der Waals surface area contributed by atoms with Gasteiger partial charge < -0.3 is 5.73 Å². The van der Waals surface area contributed by atoms with Crippen molar-refractivity contribution in [2.45, 2.75) is 45.1 Å². The van der Waals surface area contributed by atoms with Crippen molar-refractivity contribution >= 4 is 10.2 Å². The maximum absolute atomic E-state index is 12.5. The fourth-order valence-corrected chi connectivity index (χ4v) is 4.66. The third-order valence-corrected chi connectivity index (χ3v) is 6.13. The molecule has 0 amide bonds. The Bertz CT molecular complexity index is 364. The van der Waals surface area contributed by atoms with Gasteiger partial charge in [-0.1, -0.05) is 6.42 Å². The number of hydrogen-bond acceptors (Lipinski definition) is 3. The van der Waals surface area contributed by atoms with Crippen molar-refractivity contribution in [1.29, 1.82) is 0 Å². The molecule has 0 aromatic carbocycles. The average Bonchev–Trinajstić information content (AvgIpc) is 2.40. The zero-order chi connectivity index (χ0) is 13.2. The molecule has 2 heterocycles. The van der Waals surface area contributed by atoms with E-state index in [2.05, 4.69) is 0 Å². The third kappa shape index (κ3) is 3.04. The van der Waals surface area contributed by atoms with Gasteiger partial charge in [-0.05, 0) is 38.5 Å². The van der Waals surface area contributed by atoms with Crippen molar-refractivity contribution in [1.82, 2.24) is 8.61 Å². The van der Waals surface area contributed by atoms with Crippen LogP contribution in [0.4, 0.5) is 0 Å². The molecule has 0 aromatic heterocycles. The van der Waals surface area contributed by atoms with Gasteiger partial charge in [-0.2, -0.15) is 17.0 Å². The summed E-state index contributed by atoms with van der Waals surface area (Å²) in [6.45, 7) is 4.59. The lowest BCUT2D eigenvalue weighted by molar-refractivity contribution is 0.222. The molecule has 2 saturated heterocycles. The van der Waals surface area contributed by atoms with Gasteiger partial charge in [0.1, 0.15) is 0 Å². The van der Waals surface area contributed by atoms with E-state index in [1.165, 1.54) is 0 Å². The fourth-order valence-electron chi connectivity index (χ4n) is 2.87. The van der Waals surface area contributed by atoms with Crippen molar-refractivity contribution in [3.63, 3.8) is 0 Å². The standard InChI is InChI=1S/C12H25N3O2S/c1-11(13)12-6-5-9-15(10-12)18(16,17)14-7-3-2-4-8-14/h11-12H,2-10,13H2,1H3. The smallest absolute Gasteiger partial charge is 0.281 e. The van der Waals surface area contributed by atoms with Gasteiger partial charge >= 0.3 is 0 Å². The van der Waals surface area contributed by atoms with Crippen LogP contribution in [0.25, 0.3) is 0 Å². The molecule has 2 atom stereocenters. The summed E-state index contributed by atoms with van der Waals surface area (Å²) in [6, 6.07) is 0.0735.